The van der Waals surface area contributed by atoms with Crippen molar-refractivity contribution in [3.63, 3.8) is 0 Å². The Kier molecular flexibility index (Phi) is 12.9. The van der Waals surface area contributed by atoms with E-state index in [9.17, 15) is 9.59 Å². The van der Waals surface area contributed by atoms with Crippen molar-refractivity contribution in [2.75, 3.05) is 13.2 Å². The molecule has 0 bridgehead atoms. The van der Waals surface area contributed by atoms with Gasteiger partial charge in [-0.1, -0.05) is 65.7 Å². The average molecular weight is 381 g/mol. The first-order valence-electron chi connectivity index (χ1n) is 11.2. The summed E-state index contributed by atoms with van der Waals surface area (Å²) >= 11 is 0. The summed E-state index contributed by atoms with van der Waals surface area (Å²) < 4.78 is 10.9. The van der Waals surface area contributed by atoms with E-state index in [2.05, 4.69) is 6.92 Å². The average Bonchev–Trinajstić information content (AvgIpc) is 3.20. The monoisotopic (exact) mass is 380 g/mol. The van der Waals surface area contributed by atoms with Crippen LogP contribution in [0.1, 0.15) is 104 Å². The lowest BCUT2D eigenvalue weighted by Gasteiger charge is -2.19. The number of carbonyl (C=O) groups is 2. The van der Waals surface area contributed by atoms with Crippen LogP contribution in [0.3, 0.4) is 0 Å². The number of hydrogen-bond donors (Lipinski definition) is 0. The van der Waals surface area contributed by atoms with Crippen LogP contribution in [0.25, 0.3) is 0 Å². The molecule has 0 amide bonds. The lowest BCUT2D eigenvalue weighted by Crippen LogP contribution is -2.22. The zero-order chi connectivity index (χ0) is 19.9. The molecule has 0 heterocycles. The van der Waals surface area contributed by atoms with E-state index < -0.39 is 0 Å². The number of esters is 2. The van der Waals surface area contributed by atoms with Gasteiger partial charge in [0.15, 0.2) is 0 Å². The molecular weight excluding hydrogens is 340 g/mol. The highest BCUT2D eigenvalue weighted by Gasteiger charge is 2.31. The maximum Gasteiger partial charge on any atom is 0.334 e. The Balaban J connectivity index is 2.93. The van der Waals surface area contributed by atoms with Gasteiger partial charge in [-0.2, -0.15) is 0 Å². The fourth-order valence-corrected chi connectivity index (χ4v) is 3.73. The van der Waals surface area contributed by atoms with Crippen molar-refractivity contribution in [3.05, 3.63) is 11.1 Å². The van der Waals surface area contributed by atoms with Crippen LogP contribution in [0.2, 0.25) is 0 Å². The van der Waals surface area contributed by atoms with Gasteiger partial charge >= 0.3 is 11.9 Å². The number of carbonyl (C=O) groups excluding carboxylic acids is 2. The predicted octanol–water partition coefficient (Wildman–Crippen LogP) is 6.13. The van der Waals surface area contributed by atoms with Gasteiger partial charge in [-0.05, 0) is 44.4 Å². The fraction of sp³-hybridized carbons (Fsp3) is 0.826. The fourth-order valence-electron chi connectivity index (χ4n) is 3.73. The highest BCUT2D eigenvalue weighted by atomic mass is 16.5. The van der Waals surface area contributed by atoms with Crippen LogP contribution in [0.4, 0.5) is 0 Å². The SMILES string of the molecule is CCCCCCCC/C(C(=O)OCCC)=C(/C(=O)OCCC)C1CCCC1. The molecule has 1 rings (SSSR count). The summed E-state index contributed by atoms with van der Waals surface area (Å²) in [5.74, 6) is -0.447. The van der Waals surface area contributed by atoms with Gasteiger partial charge in [-0.25, -0.2) is 9.59 Å². The summed E-state index contributed by atoms with van der Waals surface area (Å²) in [5.41, 5.74) is 1.21. The van der Waals surface area contributed by atoms with Gasteiger partial charge in [-0.3, -0.25) is 0 Å². The van der Waals surface area contributed by atoms with Crippen LogP contribution >= 0.6 is 0 Å². The highest BCUT2D eigenvalue weighted by Crippen LogP contribution is 2.35. The van der Waals surface area contributed by atoms with Crippen LogP contribution in [-0.4, -0.2) is 25.2 Å². The first-order chi connectivity index (χ1) is 13.2. The third-order valence-corrected chi connectivity index (χ3v) is 5.21. The van der Waals surface area contributed by atoms with Crippen molar-refractivity contribution in [3.8, 4) is 0 Å². The Morgan fingerprint density at radius 1 is 0.741 bits per heavy atom. The number of ether oxygens (including phenoxy) is 2. The summed E-state index contributed by atoms with van der Waals surface area (Å²) in [7, 11) is 0. The summed E-state index contributed by atoms with van der Waals surface area (Å²) in [4.78, 5) is 25.6. The van der Waals surface area contributed by atoms with Crippen LogP contribution in [0.15, 0.2) is 11.1 Å². The molecular formula is C23H40O4. The normalized spacial score (nSPS) is 15.5. The van der Waals surface area contributed by atoms with E-state index in [4.69, 9.17) is 9.47 Å². The molecule has 4 heteroatoms. The van der Waals surface area contributed by atoms with Gasteiger partial charge in [0.25, 0.3) is 0 Å². The molecule has 0 aromatic carbocycles. The van der Waals surface area contributed by atoms with Gasteiger partial charge in [0.05, 0.1) is 18.8 Å². The van der Waals surface area contributed by atoms with E-state index >= 15 is 0 Å². The predicted molar refractivity (Wildman–Crippen MR) is 109 cm³/mol. The standard InChI is InChI=1S/C23H40O4/c1-4-7-8-9-10-11-16-20(22(24)26-17-5-2)21(19-14-12-13-15-19)23(25)27-18-6-3/h19H,4-18H2,1-3H3/b21-20-. The Bertz CT molecular complexity index is 461. The van der Waals surface area contributed by atoms with Gasteiger partial charge < -0.3 is 9.47 Å². The Labute approximate surface area is 166 Å². The zero-order valence-electron chi connectivity index (χ0n) is 17.8. The summed E-state index contributed by atoms with van der Waals surface area (Å²) in [6, 6.07) is 0. The largest absolute Gasteiger partial charge is 0.462 e. The molecule has 1 aliphatic rings. The topological polar surface area (TPSA) is 52.6 Å². The van der Waals surface area contributed by atoms with Crippen molar-refractivity contribution in [2.45, 2.75) is 104 Å². The Hall–Kier alpha value is -1.32. The van der Waals surface area contributed by atoms with Gasteiger partial charge in [0.1, 0.15) is 0 Å². The second-order valence-corrected chi connectivity index (χ2v) is 7.66. The van der Waals surface area contributed by atoms with Gasteiger partial charge in [0.2, 0.25) is 0 Å². The van der Waals surface area contributed by atoms with E-state index in [0.717, 1.165) is 51.4 Å². The maximum atomic E-state index is 12.8. The molecule has 0 aromatic rings. The minimum atomic E-state index is -0.305. The Morgan fingerprint density at radius 2 is 1.30 bits per heavy atom. The van der Waals surface area contributed by atoms with Crippen LogP contribution in [0, 0.1) is 5.92 Å². The van der Waals surface area contributed by atoms with E-state index in [1.54, 1.807) is 0 Å². The summed E-state index contributed by atoms with van der Waals surface area (Å²) in [5, 5.41) is 0. The molecule has 0 N–H and O–H groups in total. The number of hydrogen-bond acceptors (Lipinski definition) is 4. The molecule has 0 atom stereocenters. The van der Waals surface area contributed by atoms with Crippen molar-refractivity contribution >= 4 is 11.9 Å². The molecule has 0 spiro atoms. The van der Waals surface area contributed by atoms with E-state index in [0.29, 0.717) is 30.8 Å². The molecule has 0 unspecified atom stereocenters. The van der Waals surface area contributed by atoms with E-state index in [-0.39, 0.29) is 17.9 Å². The van der Waals surface area contributed by atoms with Crippen molar-refractivity contribution < 1.29 is 19.1 Å². The summed E-state index contributed by atoms with van der Waals surface area (Å²) in [6.45, 7) is 6.99. The molecule has 0 radical (unpaired) electrons. The van der Waals surface area contributed by atoms with Crippen molar-refractivity contribution in [1.82, 2.24) is 0 Å². The third-order valence-electron chi connectivity index (χ3n) is 5.21. The second-order valence-electron chi connectivity index (χ2n) is 7.66. The number of rotatable bonds is 14. The lowest BCUT2D eigenvalue weighted by atomic mass is 9.90. The van der Waals surface area contributed by atoms with Crippen molar-refractivity contribution in [1.29, 1.82) is 0 Å². The quantitative estimate of drug-likeness (QED) is 0.207. The smallest absolute Gasteiger partial charge is 0.334 e. The third kappa shape index (κ3) is 8.94. The molecule has 1 aliphatic carbocycles. The molecule has 0 aromatic heterocycles. The Morgan fingerprint density at radius 3 is 1.89 bits per heavy atom. The molecule has 4 nitrogen and oxygen atoms in total. The van der Waals surface area contributed by atoms with Crippen LogP contribution in [-0.2, 0) is 19.1 Å². The van der Waals surface area contributed by atoms with Crippen LogP contribution in [0.5, 0.6) is 0 Å². The molecule has 1 fully saturated rings. The minimum Gasteiger partial charge on any atom is -0.462 e. The maximum absolute atomic E-state index is 12.8. The first-order valence-corrected chi connectivity index (χ1v) is 11.2. The second kappa shape index (κ2) is 14.7. The molecule has 1 saturated carbocycles. The van der Waals surface area contributed by atoms with Gasteiger partial charge in [-0.15, -0.1) is 0 Å². The van der Waals surface area contributed by atoms with Crippen molar-refractivity contribution in [2.24, 2.45) is 5.92 Å². The number of unbranched alkanes of at least 4 members (excludes halogenated alkanes) is 5. The molecule has 156 valence electrons. The lowest BCUT2D eigenvalue weighted by molar-refractivity contribution is -0.143. The van der Waals surface area contributed by atoms with Crippen LogP contribution < -0.4 is 0 Å². The molecule has 0 aliphatic heterocycles. The highest BCUT2D eigenvalue weighted by molar-refractivity contribution is 6.00. The molecule has 27 heavy (non-hydrogen) atoms. The zero-order valence-corrected chi connectivity index (χ0v) is 17.8. The minimum absolute atomic E-state index is 0.152. The van der Waals surface area contributed by atoms with E-state index in [1.165, 1.54) is 25.7 Å². The van der Waals surface area contributed by atoms with Gasteiger partial charge in [0, 0.05) is 5.57 Å². The summed E-state index contributed by atoms with van der Waals surface area (Å²) in [6.07, 6.45) is 13.3. The van der Waals surface area contributed by atoms with E-state index in [1.807, 2.05) is 13.8 Å². The first kappa shape index (κ1) is 23.7. The molecule has 0 saturated heterocycles.